The Morgan fingerprint density at radius 2 is 2.00 bits per heavy atom. The number of carbonyl (C=O) groups is 1. The van der Waals surface area contributed by atoms with Crippen molar-refractivity contribution < 1.29 is 14.3 Å². The number of amides is 1. The van der Waals surface area contributed by atoms with Gasteiger partial charge in [0.15, 0.2) is 16.7 Å². The third kappa shape index (κ3) is 3.80. The molecule has 150 valence electrons. The van der Waals surface area contributed by atoms with Crippen LogP contribution in [0.4, 0.5) is 0 Å². The molecule has 0 spiro atoms. The summed E-state index contributed by atoms with van der Waals surface area (Å²) < 4.78 is 12.2. The van der Waals surface area contributed by atoms with Crippen LogP contribution in [-0.4, -0.2) is 42.0 Å². The Balaban J connectivity index is 1.45. The smallest absolute Gasteiger partial charge is 0.262 e. The summed E-state index contributed by atoms with van der Waals surface area (Å²) in [6.45, 7) is 1.16. The highest BCUT2D eigenvalue weighted by Crippen LogP contribution is 2.27. The molecule has 1 aromatic heterocycles. The van der Waals surface area contributed by atoms with E-state index in [0.29, 0.717) is 52.6 Å². The first-order valence-corrected chi connectivity index (χ1v) is 10.3. The van der Waals surface area contributed by atoms with Gasteiger partial charge in [0.2, 0.25) is 0 Å². The maximum atomic E-state index is 12.5. The van der Waals surface area contributed by atoms with Crippen molar-refractivity contribution in [2.45, 2.75) is 18.1 Å². The van der Waals surface area contributed by atoms with Crippen LogP contribution in [0.2, 0.25) is 0 Å². The van der Waals surface area contributed by atoms with Crippen LogP contribution in [0.15, 0.2) is 46.3 Å². The average Bonchev–Trinajstić information content (AvgIpc) is 3.22. The minimum atomic E-state index is -0.192. The van der Waals surface area contributed by atoms with Gasteiger partial charge >= 0.3 is 0 Å². The van der Waals surface area contributed by atoms with Crippen LogP contribution in [0, 0.1) is 0 Å². The Morgan fingerprint density at radius 1 is 1.17 bits per heavy atom. The van der Waals surface area contributed by atoms with Gasteiger partial charge in [0.1, 0.15) is 0 Å². The predicted molar refractivity (Wildman–Crippen MR) is 112 cm³/mol. The summed E-state index contributed by atoms with van der Waals surface area (Å²) in [6, 6.07) is 10.7. The number of fused-ring (bicyclic) bond motifs is 2. The van der Waals surface area contributed by atoms with Crippen molar-refractivity contribution >= 4 is 28.6 Å². The van der Waals surface area contributed by atoms with E-state index >= 15 is 0 Å². The molecule has 3 aromatic rings. The van der Waals surface area contributed by atoms with E-state index in [9.17, 15) is 9.59 Å². The number of thioether (sulfide) groups is 1. The van der Waals surface area contributed by atoms with Crippen LogP contribution < -0.4 is 20.3 Å². The third-order valence-electron chi connectivity index (χ3n) is 4.88. The molecule has 0 unspecified atom stereocenters. The molecule has 7 nitrogen and oxygen atoms in total. The lowest BCUT2D eigenvalue weighted by molar-refractivity contribution is 0.0954. The summed E-state index contributed by atoms with van der Waals surface area (Å²) in [5.41, 5.74) is 2.03. The Hall–Kier alpha value is -3.00. The molecule has 0 fully saturated rings. The molecule has 8 heteroatoms. The first-order valence-electron chi connectivity index (χ1n) is 9.27. The van der Waals surface area contributed by atoms with Crippen molar-refractivity contribution in [2.24, 2.45) is 0 Å². The molecule has 4 rings (SSSR count). The van der Waals surface area contributed by atoms with Gasteiger partial charge in [-0.15, -0.1) is 0 Å². The molecule has 0 aliphatic carbocycles. The minimum Gasteiger partial charge on any atom is -0.493 e. The Morgan fingerprint density at radius 3 is 2.79 bits per heavy atom. The quantitative estimate of drug-likeness (QED) is 0.628. The molecule has 1 aliphatic heterocycles. The van der Waals surface area contributed by atoms with E-state index in [2.05, 4.69) is 10.3 Å². The van der Waals surface area contributed by atoms with E-state index < -0.39 is 0 Å². The number of benzene rings is 2. The fraction of sp³-hybridized carbons (Fsp3) is 0.286. The molecule has 2 heterocycles. The lowest BCUT2D eigenvalue weighted by Gasteiger charge is -2.10. The molecule has 0 saturated carbocycles. The summed E-state index contributed by atoms with van der Waals surface area (Å²) in [6.07, 6.45) is 0.656. The first-order chi connectivity index (χ1) is 14.1. The van der Waals surface area contributed by atoms with Crippen LogP contribution in [0.3, 0.4) is 0 Å². The highest BCUT2D eigenvalue weighted by atomic mass is 32.2. The van der Waals surface area contributed by atoms with Crippen LogP contribution >= 0.6 is 11.8 Å². The van der Waals surface area contributed by atoms with Crippen molar-refractivity contribution in [3.8, 4) is 11.5 Å². The zero-order chi connectivity index (χ0) is 20.4. The summed E-state index contributed by atoms with van der Waals surface area (Å²) in [5, 5.41) is 4.17. The van der Waals surface area contributed by atoms with E-state index in [1.807, 2.05) is 18.2 Å². The van der Waals surface area contributed by atoms with Crippen LogP contribution in [0.5, 0.6) is 11.5 Å². The maximum Gasteiger partial charge on any atom is 0.262 e. The summed E-state index contributed by atoms with van der Waals surface area (Å²) >= 11 is 1.56. The second-order valence-electron chi connectivity index (χ2n) is 6.63. The Bertz CT molecular complexity index is 1140. The molecule has 1 amide bonds. The number of aromatic nitrogens is 2. The minimum absolute atomic E-state index is 0.0459. The van der Waals surface area contributed by atoms with E-state index in [1.165, 1.54) is 0 Å². The summed E-state index contributed by atoms with van der Waals surface area (Å²) in [4.78, 5) is 29.6. The monoisotopic (exact) mass is 411 g/mol. The molecular weight excluding hydrogens is 390 g/mol. The zero-order valence-corrected chi connectivity index (χ0v) is 17.0. The van der Waals surface area contributed by atoms with Crippen molar-refractivity contribution in [1.82, 2.24) is 14.9 Å². The van der Waals surface area contributed by atoms with E-state index in [0.717, 1.165) is 11.3 Å². The first kappa shape index (κ1) is 19.3. The van der Waals surface area contributed by atoms with Crippen LogP contribution in [0.1, 0.15) is 15.9 Å². The maximum absolute atomic E-state index is 12.5. The van der Waals surface area contributed by atoms with Crippen LogP contribution in [0.25, 0.3) is 10.9 Å². The number of carbonyl (C=O) groups excluding carboxylic acids is 1. The van der Waals surface area contributed by atoms with Gasteiger partial charge in [0, 0.05) is 24.4 Å². The van der Waals surface area contributed by atoms with Gasteiger partial charge in [-0.3, -0.25) is 14.2 Å². The Labute approximate surface area is 172 Å². The van der Waals surface area contributed by atoms with E-state index in [4.69, 9.17) is 9.47 Å². The summed E-state index contributed by atoms with van der Waals surface area (Å²) in [7, 11) is 3.19. The summed E-state index contributed by atoms with van der Waals surface area (Å²) in [5.74, 6) is 1.99. The highest BCUT2D eigenvalue weighted by molar-refractivity contribution is 7.99. The fourth-order valence-corrected chi connectivity index (χ4v) is 4.29. The van der Waals surface area contributed by atoms with Crippen LogP contribution in [-0.2, 0) is 13.0 Å². The molecule has 1 N–H and O–H groups in total. The van der Waals surface area contributed by atoms with Gasteiger partial charge in [0.25, 0.3) is 11.5 Å². The average molecular weight is 411 g/mol. The van der Waals surface area contributed by atoms with Gasteiger partial charge in [-0.1, -0.05) is 17.8 Å². The second kappa shape index (κ2) is 8.16. The number of nitrogens with zero attached hydrogens (tertiary/aromatic N) is 2. The van der Waals surface area contributed by atoms with Gasteiger partial charge < -0.3 is 14.8 Å². The van der Waals surface area contributed by atoms with Crippen molar-refractivity contribution in [2.75, 3.05) is 26.5 Å². The van der Waals surface area contributed by atoms with E-state index in [1.54, 1.807) is 48.7 Å². The number of nitrogens with one attached hydrogen (secondary N) is 1. The molecular formula is C21H21N3O4S. The molecule has 0 atom stereocenters. The Kier molecular flexibility index (Phi) is 5.44. The van der Waals surface area contributed by atoms with Crippen molar-refractivity contribution in [3.63, 3.8) is 0 Å². The number of hydrogen-bond donors (Lipinski definition) is 1. The normalized spacial score (nSPS) is 12.6. The number of hydrogen-bond acceptors (Lipinski definition) is 6. The molecule has 0 saturated heterocycles. The van der Waals surface area contributed by atoms with Gasteiger partial charge in [-0.25, -0.2) is 4.98 Å². The topological polar surface area (TPSA) is 82.5 Å². The molecule has 29 heavy (non-hydrogen) atoms. The largest absolute Gasteiger partial charge is 0.493 e. The number of ether oxygens (including phenoxy) is 2. The molecule has 0 bridgehead atoms. The SMILES string of the molecule is COc1ccc(CCNC(=O)c2ccc3c(=O)n4c(nc3c2)SCC4)cc1OC. The fourth-order valence-electron chi connectivity index (χ4n) is 3.34. The second-order valence-corrected chi connectivity index (χ2v) is 7.69. The lowest BCUT2D eigenvalue weighted by atomic mass is 10.1. The highest BCUT2D eigenvalue weighted by Gasteiger charge is 2.17. The standard InChI is InChI=1S/C21H21N3O4S/c1-27-17-6-3-13(11-18(17)28-2)7-8-22-19(25)14-4-5-15-16(12-14)23-21-24(20(15)26)9-10-29-21/h3-6,11-12H,7-10H2,1-2H3,(H,22,25). The van der Waals surface area contributed by atoms with Gasteiger partial charge in [0.05, 0.1) is 25.1 Å². The van der Waals surface area contributed by atoms with Gasteiger partial charge in [-0.2, -0.15) is 0 Å². The third-order valence-corrected chi connectivity index (χ3v) is 5.83. The number of rotatable bonds is 6. The van der Waals surface area contributed by atoms with Crippen molar-refractivity contribution in [3.05, 3.63) is 57.9 Å². The van der Waals surface area contributed by atoms with Gasteiger partial charge in [-0.05, 0) is 42.3 Å². The van der Waals surface area contributed by atoms with E-state index in [-0.39, 0.29) is 11.5 Å². The predicted octanol–water partition coefficient (Wildman–Crippen LogP) is 2.49. The molecule has 1 aliphatic rings. The van der Waals surface area contributed by atoms with Crippen molar-refractivity contribution in [1.29, 1.82) is 0 Å². The zero-order valence-electron chi connectivity index (χ0n) is 16.2. The lowest BCUT2D eigenvalue weighted by Crippen LogP contribution is -2.26. The molecule has 0 radical (unpaired) electrons. The molecule has 2 aromatic carbocycles. The number of methoxy groups -OCH3 is 2.